The standard InChI is InChI=1S/C11H18F2N2O5S/c1-2-20-8-5-9(10(16)17)15(6-8)21(18,19)14-4-3-11(12,13)7-14/h8-9H,2-7H2,1H3,(H,16,17)/t8-,9+/m1/s1. The van der Waals surface area contributed by atoms with E-state index in [1.54, 1.807) is 6.92 Å². The Balaban J connectivity index is 2.19. The zero-order valence-electron chi connectivity index (χ0n) is 11.5. The molecule has 2 saturated heterocycles. The van der Waals surface area contributed by atoms with Crippen LogP contribution < -0.4 is 0 Å². The Bertz CT molecular complexity index is 513. The first-order valence-corrected chi connectivity index (χ1v) is 8.06. The van der Waals surface area contributed by atoms with Crippen LogP contribution in [0.5, 0.6) is 0 Å². The van der Waals surface area contributed by atoms with Gasteiger partial charge in [-0.1, -0.05) is 0 Å². The lowest BCUT2D eigenvalue weighted by molar-refractivity contribution is -0.140. The van der Waals surface area contributed by atoms with E-state index in [0.717, 1.165) is 4.31 Å². The summed E-state index contributed by atoms with van der Waals surface area (Å²) >= 11 is 0. The SMILES string of the molecule is CCO[C@@H]1C[C@@H](C(=O)O)N(S(=O)(=O)N2CCC(F)(F)C2)C1. The zero-order chi connectivity index (χ0) is 15.8. The summed E-state index contributed by atoms with van der Waals surface area (Å²) in [7, 11) is -4.23. The fourth-order valence-corrected chi connectivity index (χ4v) is 4.48. The van der Waals surface area contributed by atoms with E-state index in [1.165, 1.54) is 0 Å². The van der Waals surface area contributed by atoms with Gasteiger partial charge in [0.15, 0.2) is 0 Å². The monoisotopic (exact) mass is 328 g/mol. The van der Waals surface area contributed by atoms with Crippen molar-refractivity contribution in [2.24, 2.45) is 0 Å². The number of halogens is 2. The number of nitrogens with zero attached hydrogens (tertiary/aromatic N) is 2. The molecule has 0 aromatic carbocycles. The summed E-state index contributed by atoms with van der Waals surface area (Å²) in [6, 6.07) is -1.28. The number of alkyl halides is 2. The van der Waals surface area contributed by atoms with Crippen molar-refractivity contribution < 1.29 is 31.8 Å². The van der Waals surface area contributed by atoms with Gasteiger partial charge in [-0.15, -0.1) is 0 Å². The third kappa shape index (κ3) is 3.33. The first kappa shape index (κ1) is 16.5. The Morgan fingerprint density at radius 1 is 1.48 bits per heavy atom. The second-order valence-electron chi connectivity index (χ2n) is 5.18. The van der Waals surface area contributed by atoms with Gasteiger partial charge in [-0.25, -0.2) is 8.78 Å². The maximum absolute atomic E-state index is 13.2. The average molecular weight is 328 g/mol. The molecule has 2 aliphatic rings. The van der Waals surface area contributed by atoms with Gasteiger partial charge in [-0.2, -0.15) is 17.0 Å². The van der Waals surface area contributed by atoms with Crippen LogP contribution in [0.3, 0.4) is 0 Å². The van der Waals surface area contributed by atoms with Crippen molar-refractivity contribution in [3.63, 3.8) is 0 Å². The number of rotatable bonds is 5. The van der Waals surface area contributed by atoms with Crippen LogP contribution in [0, 0.1) is 0 Å². The number of carbonyl (C=O) groups is 1. The molecule has 2 fully saturated rings. The molecular weight excluding hydrogens is 310 g/mol. The molecule has 2 atom stereocenters. The zero-order valence-corrected chi connectivity index (χ0v) is 12.4. The molecule has 0 aromatic heterocycles. The quantitative estimate of drug-likeness (QED) is 0.775. The van der Waals surface area contributed by atoms with Gasteiger partial charge in [-0.05, 0) is 6.92 Å². The fraction of sp³-hybridized carbons (Fsp3) is 0.909. The van der Waals surface area contributed by atoms with Gasteiger partial charge in [0.05, 0.1) is 12.6 Å². The molecule has 0 amide bonds. The lowest BCUT2D eigenvalue weighted by Crippen LogP contribution is -2.48. The number of aliphatic carboxylic acids is 1. The Morgan fingerprint density at radius 2 is 2.14 bits per heavy atom. The smallest absolute Gasteiger partial charge is 0.322 e. The highest BCUT2D eigenvalue weighted by atomic mass is 32.2. The number of carboxylic acids is 1. The molecule has 2 heterocycles. The highest BCUT2D eigenvalue weighted by Crippen LogP contribution is 2.32. The van der Waals surface area contributed by atoms with E-state index in [2.05, 4.69) is 0 Å². The van der Waals surface area contributed by atoms with E-state index in [9.17, 15) is 22.0 Å². The Labute approximate surface area is 121 Å². The molecule has 0 radical (unpaired) electrons. The van der Waals surface area contributed by atoms with Crippen molar-refractivity contribution in [1.29, 1.82) is 0 Å². The molecule has 122 valence electrons. The first-order valence-electron chi connectivity index (χ1n) is 6.66. The molecule has 0 aliphatic carbocycles. The van der Waals surface area contributed by atoms with Crippen molar-refractivity contribution in [3.8, 4) is 0 Å². The predicted octanol–water partition coefficient (Wildman–Crippen LogP) is 0.136. The summed E-state index contributed by atoms with van der Waals surface area (Å²) in [5.41, 5.74) is 0. The Morgan fingerprint density at radius 3 is 2.62 bits per heavy atom. The lowest BCUT2D eigenvalue weighted by atomic mass is 10.2. The summed E-state index contributed by atoms with van der Waals surface area (Å²) in [5, 5.41) is 9.15. The molecule has 1 N–H and O–H groups in total. The second-order valence-corrected chi connectivity index (χ2v) is 7.07. The van der Waals surface area contributed by atoms with Crippen molar-refractivity contribution in [2.75, 3.05) is 26.2 Å². The molecule has 2 aliphatic heterocycles. The molecule has 0 spiro atoms. The van der Waals surface area contributed by atoms with Crippen LogP contribution in [0.1, 0.15) is 19.8 Å². The minimum absolute atomic E-state index is 0.0205. The lowest BCUT2D eigenvalue weighted by Gasteiger charge is -2.26. The van der Waals surface area contributed by atoms with Gasteiger partial charge >= 0.3 is 5.97 Å². The molecule has 10 heteroatoms. The topological polar surface area (TPSA) is 87.1 Å². The van der Waals surface area contributed by atoms with Crippen molar-refractivity contribution in [3.05, 3.63) is 0 Å². The van der Waals surface area contributed by atoms with Crippen LogP contribution in [-0.4, -0.2) is 72.4 Å². The van der Waals surface area contributed by atoms with E-state index < -0.39 is 47.2 Å². The third-order valence-corrected chi connectivity index (χ3v) is 5.62. The summed E-state index contributed by atoms with van der Waals surface area (Å²) in [6.07, 6.45) is -1.06. The summed E-state index contributed by atoms with van der Waals surface area (Å²) < 4.78 is 57.9. The molecule has 2 rings (SSSR count). The van der Waals surface area contributed by atoms with E-state index in [1.807, 2.05) is 0 Å². The minimum atomic E-state index is -4.23. The third-order valence-electron chi connectivity index (χ3n) is 3.66. The second kappa shape index (κ2) is 5.75. The number of ether oxygens (including phenoxy) is 1. The highest BCUT2D eigenvalue weighted by molar-refractivity contribution is 7.86. The Hall–Kier alpha value is -0.840. The van der Waals surface area contributed by atoms with Crippen LogP contribution in [0.15, 0.2) is 0 Å². The minimum Gasteiger partial charge on any atom is -0.480 e. The summed E-state index contributed by atoms with van der Waals surface area (Å²) in [6.45, 7) is 0.699. The molecule has 0 bridgehead atoms. The molecule has 21 heavy (non-hydrogen) atoms. The largest absolute Gasteiger partial charge is 0.480 e. The van der Waals surface area contributed by atoms with E-state index >= 15 is 0 Å². The first-order chi connectivity index (χ1) is 9.67. The average Bonchev–Trinajstić information content (AvgIpc) is 2.94. The Kier molecular flexibility index (Phi) is 4.52. The number of carboxylic acid groups (broad SMARTS) is 1. The molecule has 0 aromatic rings. The van der Waals surface area contributed by atoms with Crippen molar-refractivity contribution in [2.45, 2.75) is 37.8 Å². The van der Waals surface area contributed by atoms with Gasteiger partial charge in [-0.3, -0.25) is 4.79 Å². The van der Waals surface area contributed by atoms with Gasteiger partial charge < -0.3 is 9.84 Å². The van der Waals surface area contributed by atoms with E-state index in [0.29, 0.717) is 10.9 Å². The fourth-order valence-electron chi connectivity index (χ4n) is 2.65. The molecule has 7 nitrogen and oxygen atoms in total. The van der Waals surface area contributed by atoms with Gasteiger partial charge in [0, 0.05) is 32.5 Å². The van der Waals surface area contributed by atoms with Gasteiger partial charge in [0.1, 0.15) is 6.04 Å². The van der Waals surface area contributed by atoms with Crippen LogP contribution in [0.25, 0.3) is 0 Å². The molecule has 0 unspecified atom stereocenters. The van der Waals surface area contributed by atoms with Gasteiger partial charge in [0.2, 0.25) is 0 Å². The normalized spacial score (nSPS) is 30.8. The maximum atomic E-state index is 13.2. The summed E-state index contributed by atoms with van der Waals surface area (Å²) in [4.78, 5) is 11.2. The molecule has 0 saturated carbocycles. The molecular formula is C11H18F2N2O5S. The van der Waals surface area contributed by atoms with Crippen LogP contribution in [0.2, 0.25) is 0 Å². The van der Waals surface area contributed by atoms with Crippen molar-refractivity contribution in [1.82, 2.24) is 8.61 Å². The van der Waals surface area contributed by atoms with Gasteiger partial charge in [0.25, 0.3) is 16.1 Å². The number of hydrogen-bond donors (Lipinski definition) is 1. The maximum Gasteiger partial charge on any atom is 0.322 e. The van der Waals surface area contributed by atoms with Crippen LogP contribution in [-0.2, 0) is 19.7 Å². The van der Waals surface area contributed by atoms with Crippen molar-refractivity contribution >= 4 is 16.2 Å². The van der Waals surface area contributed by atoms with Crippen LogP contribution >= 0.6 is 0 Å². The van der Waals surface area contributed by atoms with E-state index in [-0.39, 0.29) is 19.5 Å². The van der Waals surface area contributed by atoms with Crippen LogP contribution in [0.4, 0.5) is 8.78 Å². The summed E-state index contributed by atoms with van der Waals surface area (Å²) in [5.74, 6) is -4.36. The highest BCUT2D eigenvalue weighted by Gasteiger charge is 2.50. The van der Waals surface area contributed by atoms with E-state index in [4.69, 9.17) is 9.84 Å². The predicted molar refractivity (Wildman–Crippen MR) is 68.2 cm³/mol. The number of hydrogen-bond acceptors (Lipinski definition) is 4.